The number of hydrogen-bond acceptors (Lipinski definition) is 4. The van der Waals surface area contributed by atoms with Gasteiger partial charge in [-0.15, -0.1) is 0 Å². The van der Waals surface area contributed by atoms with Crippen molar-refractivity contribution >= 4 is 23.4 Å². The van der Waals surface area contributed by atoms with E-state index < -0.39 is 0 Å². The van der Waals surface area contributed by atoms with Crippen LogP contribution in [0, 0.1) is 5.92 Å². The molecule has 2 aliphatic rings. The van der Waals surface area contributed by atoms with Crippen LogP contribution in [-0.4, -0.2) is 62.0 Å². The predicted octanol–water partition coefficient (Wildman–Crippen LogP) is 4.23. The van der Waals surface area contributed by atoms with E-state index in [1.54, 1.807) is 43.4 Å². The van der Waals surface area contributed by atoms with E-state index in [9.17, 15) is 9.59 Å². The molecule has 7 heteroatoms. The molecule has 4 rings (SSSR count). The highest BCUT2D eigenvalue weighted by atomic mass is 35.5. The van der Waals surface area contributed by atoms with Crippen LogP contribution in [0.5, 0.6) is 11.5 Å². The number of nitrogens with zero attached hydrogens (tertiary/aromatic N) is 2. The molecule has 0 spiro atoms. The Balaban J connectivity index is 1.69. The van der Waals surface area contributed by atoms with Gasteiger partial charge in [0, 0.05) is 37.7 Å². The Bertz CT molecular complexity index is 990. The number of carbonyl (C=O) groups excluding carboxylic acids is 2. The zero-order valence-electron chi connectivity index (χ0n) is 18.6. The summed E-state index contributed by atoms with van der Waals surface area (Å²) in [4.78, 5) is 30.6. The summed E-state index contributed by atoms with van der Waals surface area (Å²) < 4.78 is 11.1. The fraction of sp³-hybridized carbons (Fsp3) is 0.440. The molecule has 0 radical (unpaired) electrons. The molecule has 2 unspecified atom stereocenters. The van der Waals surface area contributed by atoms with Gasteiger partial charge >= 0.3 is 0 Å². The average molecular weight is 457 g/mol. The second kappa shape index (κ2) is 9.82. The molecule has 2 aliphatic heterocycles. The number of piperidine rings is 1. The molecule has 2 saturated heterocycles. The van der Waals surface area contributed by atoms with Crippen molar-refractivity contribution in [2.45, 2.75) is 25.2 Å². The normalized spacial score (nSPS) is 20.8. The Kier molecular flexibility index (Phi) is 6.89. The first-order valence-electron chi connectivity index (χ1n) is 11.1. The molecule has 2 fully saturated rings. The fourth-order valence-electron chi connectivity index (χ4n) is 4.82. The van der Waals surface area contributed by atoms with Crippen LogP contribution < -0.4 is 9.47 Å². The SMILES string of the molecule is COc1ccc(OC)c(C2CN(C(=O)c3ccccc3Cl)CC2C(=O)N2CCCCC2)c1. The van der Waals surface area contributed by atoms with Crippen LogP contribution in [0.3, 0.4) is 0 Å². The summed E-state index contributed by atoms with van der Waals surface area (Å²) in [5.41, 5.74) is 1.34. The van der Waals surface area contributed by atoms with Crippen molar-refractivity contribution in [2.24, 2.45) is 5.92 Å². The van der Waals surface area contributed by atoms with Crippen LogP contribution in [0.25, 0.3) is 0 Å². The third kappa shape index (κ3) is 4.42. The van der Waals surface area contributed by atoms with Crippen molar-refractivity contribution < 1.29 is 19.1 Å². The molecule has 0 aromatic heterocycles. The number of amides is 2. The zero-order chi connectivity index (χ0) is 22.7. The van der Waals surface area contributed by atoms with Gasteiger partial charge in [-0.25, -0.2) is 0 Å². The molecule has 0 N–H and O–H groups in total. The highest BCUT2D eigenvalue weighted by Gasteiger charge is 2.43. The molecule has 0 bridgehead atoms. The molecule has 2 aromatic carbocycles. The number of methoxy groups -OCH3 is 2. The molecule has 32 heavy (non-hydrogen) atoms. The Hall–Kier alpha value is -2.73. The van der Waals surface area contributed by atoms with E-state index in [1.165, 1.54) is 0 Å². The van der Waals surface area contributed by atoms with Crippen LogP contribution in [0.2, 0.25) is 5.02 Å². The van der Waals surface area contributed by atoms with Crippen LogP contribution in [0.4, 0.5) is 0 Å². The van der Waals surface area contributed by atoms with Gasteiger partial charge in [0.2, 0.25) is 5.91 Å². The Labute approximate surface area is 194 Å². The van der Waals surface area contributed by atoms with Crippen molar-refractivity contribution in [3.63, 3.8) is 0 Å². The van der Waals surface area contributed by atoms with Crippen LogP contribution in [-0.2, 0) is 4.79 Å². The third-order valence-electron chi connectivity index (χ3n) is 6.53. The van der Waals surface area contributed by atoms with Gasteiger partial charge in [0.05, 0.1) is 30.7 Å². The molecule has 170 valence electrons. The highest BCUT2D eigenvalue weighted by molar-refractivity contribution is 6.33. The Morgan fingerprint density at radius 3 is 2.38 bits per heavy atom. The molecule has 0 saturated carbocycles. The molecule has 2 amide bonds. The number of rotatable bonds is 5. The van der Waals surface area contributed by atoms with E-state index in [4.69, 9.17) is 21.1 Å². The second-order valence-corrected chi connectivity index (χ2v) is 8.80. The summed E-state index contributed by atoms with van der Waals surface area (Å²) in [5.74, 6) is 0.798. The molecular weight excluding hydrogens is 428 g/mol. The van der Waals surface area contributed by atoms with Gasteiger partial charge in [-0.2, -0.15) is 0 Å². The first-order valence-corrected chi connectivity index (χ1v) is 11.5. The van der Waals surface area contributed by atoms with Gasteiger partial charge in [0.15, 0.2) is 0 Å². The Morgan fingerprint density at radius 1 is 0.938 bits per heavy atom. The highest BCUT2D eigenvalue weighted by Crippen LogP contribution is 2.41. The molecular formula is C25H29ClN2O4. The fourth-order valence-corrected chi connectivity index (χ4v) is 5.03. The number of hydrogen-bond donors (Lipinski definition) is 0. The van der Waals surface area contributed by atoms with Crippen molar-refractivity contribution in [1.82, 2.24) is 9.80 Å². The third-order valence-corrected chi connectivity index (χ3v) is 6.86. The monoisotopic (exact) mass is 456 g/mol. The maximum Gasteiger partial charge on any atom is 0.255 e. The Morgan fingerprint density at radius 2 is 1.69 bits per heavy atom. The van der Waals surface area contributed by atoms with E-state index in [-0.39, 0.29) is 23.7 Å². The quantitative estimate of drug-likeness (QED) is 0.675. The number of ether oxygens (including phenoxy) is 2. The van der Waals surface area contributed by atoms with E-state index in [0.29, 0.717) is 35.2 Å². The first-order chi connectivity index (χ1) is 15.5. The maximum atomic E-state index is 13.6. The minimum atomic E-state index is -0.347. The molecule has 0 aliphatic carbocycles. The van der Waals surface area contributed by atoms with Crippen molar-refractivity contribution in [3.05, 3.63) is 58.6 Å². The van der Waals surface area contributed by atoms with Gasteiger partial charge in [-0.3, -0.25) is 9.59 Å². The van der Waals surface area contributed by atoms with E-state index in [2.05, 4.69) is 0 Å². The van der Waals surface area contributed by atoms with Gasteiger partial charge in [0.1, 0.15) is 11.5 Å². The summed E-state index contributed by atoms with van der Waals surface area (Å²) in [7, 11) is 3.23. The molecule has 6 nitrogen and oxygen atoms in total. The van der Waals surface area contributed by atoms with E-state index in [1.807, 2.05) is 23.1 Å². The van der Waals surface area contributed by atoms with Crippen LogP contribution in [0.15, 0.2) is 42.5 Å². The topological polar surface area (TPSA) is 59.1 Å². The van der Waals surface area contributed by atoms with Gasteiger partial charge in [-0.05, 0) is 49.6 Å². The van der Waals surface area contributed by atoms with Crippen molar-refractivity contribution in [2.75, 3.05) is 40.4 Å². The first kappa shape index (κ1) is 22.5. The minimum Gasteiger partial charge on any atom is -0.497 e. The smallest absolute Gasteiger partial charge is 0.255 e. The van der Waals surface area contributed by atoms with Crippen molar-refractivity contribution in [1.29, 1.82) is 0 Å². The molecule has 2 atom stereocenters. The predicted molar refractivity (Wildman–Crippen MR) is 124 cm³/mol. The van der Waals surface area contributed by atoms with Gasteiger partial charge in [0.25, 0.3) is 5.91 Å². The summed E-state index contributed by atoms with van der Waals surface area (Å²) in [6.45, 7) is 2.31. The lowest BCUT2D eigenvalue weighted by Gasteiger charge is -2.31. The number of likely N-dealkylation sites (tertiary alicyclic amines) is 2. The largest absolute Gasteiger partial charge is 0.497 e. The van der Waals surface area contributed by atoms with E-state index >= 15 is 0 Å². The zero-order valence-corrected chi connectivity index (χ0v) is 19.3. The lowest BCUT2D eigenvalue weighted by Crippen LogP contribution is -2.42. The number of benzene rings is 2. The van der Waals surface area contributed by atoms with Gasteiger partial charge in [-0.1, -0.05) is 23.7 Å². The standard InChI is InChI=1S/C25H29ClN2O4/c1-31-17-10-11-23(32-2)19(14-17)20-15-28(24(29)18-8-4-5-9-22(18)26)16-21(20)25(30)27-12-6-3-7-13-27/h4-5,8-11,14,20-21H,3,6-7,12-13,15-16H2,1-2H3. The minimum absolute atomic E-state index is 0.106. The summed E-state index contributed by atoms with van der Waals surface area (Å²) in [6.07, 6.45) is 3.19. The summed E-state index contributed by atoms with van der Waals surface area (Å²) >= 11 is 6.30. The summed E-state index contributed by atoms with van der Waals surface area (Å²) in [6, 6.07) is 12.7. The molecule has 2 aromatic rings. The van der Waals surface area contributed by atoms with Crippen molar-refractivity contribution in [3.8, 4) is 11.5 Å². The van der Waals surface area contributed by atoms with Gasteiger partial charge < -0.3 is 19.3 Å². The lowest BCUT2D eigenvalue weighted by molar-refractivity contribution is -0.136. The maximum absolute atomic E-state index is 13.6. The second-order valence-electron chi connectivity index (χ2n) is 8.40. The van der Waals surface area contributed by atoms with E-state index in [0.717, 1.165) is 37.9 Å². The van der Waals surface area contributed by atoms with Crippen LogP contribution in [0.1, 0.15) is 41.1 Å². The number of carbonyl (C=O) groups is 2. The van der Waals surface area contributed by atoms with Crippen LogP contribution >= 0.6 is 11.6 Å². The summed E-state index contributed by atoms with van der Waals surface area (Å²) in [5, 5.41) is 0.416. The lowest BCUT2D eigenvalue weighted by atomic mass is 9.86. The average Bonchev–Trinajstić information content (AvgIpc) is 3.29. The molecule has 2 heterocycles. The number of halogens is 1.